The molecule has 2 N–H and O–H groups in total. The van der Waals surface area contributed by atoms with E-state index >= 15 is 0 Å². The van der Waals surface area contributed by atoms with Crippen LogP contribution in [0.3, 0.4) is 0 Å². The number of likely N-dealkylation sites (tertiary alicyclic amines) is 1. The molecule has 4 fully saturated rings. The zero-order valence-corrected chi connectivity index (χ0v) is 36.2. The number of rotatable bonds is 9. The quantitative estimate of drug-likeness (QED) is 0.287. The van der Waals surface area contributed by atoms with Crippen LogP contribution in [0.5, 0.6) is 5.75 Å². The highest BCUT2D eigenvalue weighted by Crippen LogP contribution is 2.58. The van der Waals surface area contributed by atoms with Crippen LogP contribution in [-0.4, -0.2) is 117 Å². The number of carbonyl (C=O) groups excluding carboxylic acids is 5. The molecule has 3 saturated heterocycles. The van der Waals surface area contributed by atoms with E-state index in [0.29, 0.717) is 23.2 Å². The molecule has 61 heavy (non-hydrogen) atoms. The number of carbonyl (C=O) groups is 5. The maximum atomic E-state index is 14.4. The fraction of sp³-hybridized carbons (Fsp3) is 0.511. The highest BCUT2D eigenvalue weighted by atomic mass is 35.5. The van der Waals surface area contributed by atoms with Crippen LogP contribution in [0, 0.1) is 28.1 Å². The lowest BCUT2D eigenvalue weighted by atomic mass is 9.48. The van der Waals surface area contributed by atoms with E-state index in [-0.39, 0.29) is 52.5 Å². The summed E-state index contributed by atoms with van der Waals surface area (Å²) in [7, 11) is 0. The predicted molar refractivity (Wildman–Crippen MR) is 227 cm³/mol. The second-order valence-corrected chi connectivity index (χ2v) is 18.9. The summed E-state index contributed by atoms with van der Waals surface area (Å²) in [5.41, 5.74) is 5.95. The third-order valence-electron chi connectivity index (χ3n) is 13.7. The number of nitrogens with zero attached hydrogens (tertiary/aromatic N) is 8. The number of piperazine rings is 1. The summed E-state index contributed by atoms with van der Waals surface area (Å²) < 4.78 is 6.41. The summed E-state index contributed by atoms with van der Waals surface area (Å²) in [6.07, 6.45) is 4.57. The van der Waals surface area contributed by atoms with Crippen molar-refractivity contribution in [3.8, 4) is 11.8 Å². The molecule has 5 heterocycles. The van der Waals surface area contributed by atoms with Crippen molar-refractivity contribution in [2.75, 3.05) is 42.5 Å². The number of benzene rings is 2. The first-order valence-electron chi connectivity index (χ1n) is 21.0. The maximum Gasteiger partial charge on any atom is 0.262 e. The molecule has 0 spiro atoms. The zero-order chi connectivity index (χ0) is 43.7. The van der Waals surface area contributed by atoms with Gasteiger partial charge in [0.25, 0.3) is 23.6 Å². The number of piperidine rings is 2. The Labute approximate surface area is 360 Å². The molecular weight excluding hydrogens is 798 g/mol. The van der Waals surface area contributed by atoms with Gasteiger partial charge in [-0.15, -0.1) is 0 Å². The molecule has 1 saturated carbocycles. The molecule has 0 bridgehead atoms. The molecule has 4 aliphatic heterocycles. The number of nitrogens with two attached hydrogens (primary N) is 1. The van der Waals surface area contributed by atoms with Gasteiger partial charge in [0.1, 0.15) is 24.0 Å². The molecular formula is C45H52ClN9O6. The summed E-state index contributed by atoms with van der Waals surface area (Å²) in [6, 6.07) is 11.0. The SMILES string of the molecule is C[C@H]1CC(CN2CCN(c3ccc4c(c3)C(=O)N([C@H]3CCC(=O)N(C5C(C)(C)C(Oc6ccc(C#N)c(Cl)c6)C5(C)C)C3=O)C4=O)CC2)C[C@H](C)N1c1ncc(C(N)=O)cn1. The third kappa shape index (κ3) is 7.27. The van der Waals surface area contributed by atoms with Crippen molar-refractivity contribution in [1.82, 2.24) is 24.7 Å². The van der Waals surface area contributed by atoms with Crippen molar-refractivity contribution in [2.45, 2.75) is 97.5 Å². The van der Waals surface area contributed by atoms with E-state index in [9.17, 15) is 29.2 Å². The van der Waals surface area contributed by atoms with Gasteiger partial charge in [-0.05, 0) is 69.4 Å². The van der Waals surface area contributed by atoms with Crippen LogP contribution in [0.1, 0.15) is 104 Å². The molecule has 5 aliphatic rings. The van der Waals surface area contributed by atoms with Gasteiger partial charge in [0, 0.05) is 86.2 Å². The lowest BCUT2D eigenvalue weighted by Crippen LogP contribution is -2.77. The Morgan fingerprint density at radius 1 is 0.902 bits per heavy atom. The number of hydrogen-bond acceptors (Lipinski definition) is 12. The van der Waals surface area contributed by atoms with E-state index in [1.165, 1.54) is 17.3 Å². The van der Waals surface area contributed by atoms with Crippen LogP contribution < -0.4 is 20.3 Å². The van der Waals surface area contributed by atoms with Crippen LogP contribution in [0.15, 0.2) is 48.8 Å². The van der Waals surface area contributed by atoms with Crippen LogP contribution in [0.25, 0.3) is 0 Å². The Morgan fingerprint density at radius 2 is 1.54 bits per heavy atom. The van der Waals surface area contributed by atoms with Gasteiger partial charge in [0.2, 0.25) is 11.9 Å². The van der Waals surface area contributed by atoms with Gasteiger partial charge in [-0.1, -0.05) is 39.3 Å². The van der Waals surface area contributed by atoms with Crippen LogP contribution >= 0.6 is 11.6 Å². The summed E-state index contributed by atoms with van der Waals surface area (Å²) in [5, 5.41) is 9.56. The number of imide groups is 2. The second kappa shape index (κ2) is 15.7. The maximum absolute atomic E-state index is 14.4. The van der Waals surface area contributed by atoms with Gasteiger partial charge in [0.15, 0.2) is 0 Å². The number of anilines is 2. The first-order chi connectivity index (χ1) is 28.9. The molecule has 8 rings (SSSR count). The van der Waals surface area contributed by atoms with E-state index in [2.05, 4.69) is 38.5 Å². The smallest absolute Gasteiger partial charge is 0.262 e. The number of halogens is 1. The highest BCUT2D eigenvalue weighted by Gasteiger charge is 2.68. The Balaban J connectivity index is 0.896. The van der Waals surface area contributed by atoms with E-state index in [4.69, 9.17) is 22.1 Å². The third-order valence-corrected chi connectivity index (χ3v) is 14.0. The van der Waals surface area contributed by atoms with Crippen LogP contribution in [0.4, 0.5) is 11.6 Å². The minimum Gasteiger partial charge on any atom is -0.489 e. The largest absolute Gasteiger partial charge is 0.489 e. The van der Waals surface area contributed by atoms with Crippen molar-refractivity contribution in [1.29, 1.82) is 5.26 Å². The van der Waals surface area contributed by atoms with E-state index in [1.807, 2.05) is 39.8 Å². The second-order valence-electron chi connectivity index (χ2n) is 18.5. The molecule has 320 valence electrons. The van der Waals surface area contributed by atoms with E-state index < -0.39 is 52.6 Å². The molecule has 3 aromatic rings. The molecule has 1 aliphatic carbocycles. The summed E-state index contributed by atoms with van der Waals surface area (Å²) in [4.78, 5) is 85.7. The topological polar surface area (TPSA) is 186 Å². The number of hydrogen-bond donors (Lipinski definition) is 1. The standard InChI is InChI=1S/C45H52ClN9O6/c1-25-17-27(18-26(2)53(25)43-49-22-29(23-50-43)37(48)57)24-51-13-15-52(16-14-51)30-8-10-32-33(19-30)39(59)54(38(32)58)35-11-12-36(56)55(40(35)60)41-44(3,4)42(45(41,5)6)61-31-9-7-28(21-47)34(46)20-31/h7-10,19-20,22-23,25-27,35,41-42H,11-18,24H2,1-6H3,(H2,48,57)/t25-,26-,35-,41?,42?/m0/s1. The van der Waals surface area contributed by atoms with Crippen molar-refractivity contribution in [3.05, 3.63) is 76.1 Å². The van der Waals surface area contributed by atoms with Crippen molar-refractivity contribution >= 4 is 52.8 Å². The fourth-order valence-corrected chi connectivity index (χ4v) is 11.5. The van der Waals surface area contributed by atoms with Gasteiger partial charge in [0.05, 0.1) is 33.3 Å². The molecule has 2 aromatic carbocycles. The van der Waals surface area contributed by atoms with Crippen LogP contribution in [-0.2, 0) is 9.59 Å². The molecule has 0 radical (unpaired) electrons. The first kappa shape index (κ1) is 42.1. The lowest BCUT2D eigenvalue weighted by molar-refractivity contribution is -0.216. The monoisotopic (exact) mass is 849 g/mol. The lowest BCUT2D eigenvalue weighted by Gasteiger charge is -2.65. The minimum absolute atomic E-state index is 0.0102. The van der Waals surface area contributed by atoms with Gasteiger partial charge in [-0.2, -0.15) is 5.26 Å². The highest BCUT2D eigenvalue weighted by molar-refractivity contribution is 6.31. The first-order valence-corrected chi connectivity index (χ1v) is 21.4. The van der Waals surface area contributed by atoms with Crippen molar-refractivity contribution < 1.29 is 28.7 Å². The number of fused-ring (bicyclic) bond motifs is 1. The number of primary amides is 1. The minimum atomic E-state index is -1.12. The molecule has 0 unspecified atom stereocenters. The Hall–Kier alpha value is -5.59. The number of amides is 5. The van der Waals surface area contributed by atoms with E-state index in [1.54, 1.807) is 30.3 Å². The summed E-state index contributed by atoms with van der Waals surface area (Å²) in [6.45, 7) is 16.3. The number of nitriles is 1. The van der Waals surface area contributed by atoms with Gasteiger partial charge in [-0.25, -0.2) is 9.97 Å². The van der Waals surface area contributed by atoms with Gasteiger partial charge in [-0.3, -0.25) is 38.7 Å². The summed E-state index contributed by atoms with van der Waals surface area (Å²) in [5.74, 6) is -0.944. The number of aromatic nitrogens is 2. The Morgan fingerprint density at radius 3 is 2.15 bits per heavy atom. The Bertz CT molecular complexity index is 2310. The van der Waals surface area contributed by atoms with Crippen molar-refractivity contribution in [2.24, 2.45) is 22.5 Å². The Kier molecular flexibility index (Phi) is 10.8. The van der Waals surface area contributed by atoms with Gasteiger partial charge >= 0.3 is 0 Å². The average Bonchev–Trinajstić information content (AvgIpc) is 3.46. The molecule has 3 atom stereocenters. The van der Waals surface area contributed by atoms with Crippen molar-refractivity contribution in [3.63, 3.8) is 0 Å². The molecule has 5 amide bonds. The summed E-state index contributed by atoms with van der Waals surface area (Å²) >= 11 is 6.28. The zero-order valence-electron chi connectivity index (χ0n) is 35.4. The fourth-order valence-electron chi connectivity index (χ4n) is 11.3. The van der Waals surface area contributed by atoms with Crippen LogP contribution in [0.2, 0.25) is 5.02 Å². The van der Waals surface area contributed by atoms with E-state index in [0.717, 1.165) is 56.2 Å². The molecule has 15 nitrogen and oxygen atoms in total. The van der Waals surface area contributed by atoms with Gasteiger partial charge < -0.3 is 20.3 Å². The molecule has 1 aromatic heterocycles. The molecule has 16 heteroatoms. The number of ether oxygens (including phenoxy) is 1. The average molecular weight is 850 g/mol. The normalized spacial score (nSPS) is 27.4. The predicted octanol–water partition coefficient (Wildman–Crippen LogP) is 4.91.